The quantitative estimate of drug-likeness (QED) is 0.816. The molecule has 0 saturated heterocycles. The highest BCUT2D eigenvalue weighted by Crippen LogP contribution is 2.52. The molecule has 0 bridgehead atoms. The number of thiazole rings is 1. The van der Waals surface area contributed by atoms with Crippen molar-refractivity contribution < 1.29 is 5.11 Å². The van der Waals surface area contributed by atoms with Crippen LogP contribution in [0.4, 0.5) is 0 Å². The molecule has 0 aromatic carbocycles. The molecule has 3 heteroatoms. The summed E-state index contributed by atoms with van der Waals surface area (Å²) in [5.74, 6) is 0.489. The first-order valence-electron chi connectivity index (χ1n) is 5.83. The van der Waals surface area contributed by atoms with Gasteiger partial charge in [-0.25, -0.2) is 4.98 Å². The maximum Gasteiger partial charge on any atom is 0.102 e. The molecule has 0 amide bonds. The number of aliphatic hydroxyl groups is 1. The summed E-state index contributed by atoms with van der Waals surface area (Å²) >= 11 is 1.68. The number of aliphatic hydroxyl groups excluding tert-OH is 1. The van der Waals surface area contributed by atoms with Gasteiger partial charge in [0.1, 0.15) is 5.01 Å². The van der Waals surface area contributed by atoms with Crippen LogP contribution in [0.25, 0.3) is 0 Å². The van der Waals surface area contributed by atoms with Gasteiger partial charge in [0, 0.05) is 11.1 Å². The lowest BCUT2D eigenvalue weighted by Crippen LogP contribution is -2.23. The van der Waals surface area contributed by atoms with Gasteiger partial charge in [-0.3, -0.25) is 0 Å². The van der Waals surface area contributed by atoms with Gasteiger partial charge in [0.25, 0.3) is 0 Å². The molecule has 1 unspecified atom stereocenters. The highest BCUT2D eigenvalue weighted by molar-refractivity contribution is 7.09. The molecule has 16 heavy (non-hydrogen) atoms. The van der Waals surface area contributed by atoms with Crippen LogP contribution < -0.4 is 0 Å². The van der Waals surface area contributed by atoms with Crippen LogP contribution >= 0.6 is 11.3 Å². The van der Waals surface area contributed by atoms with E-state index in [-0.39, 0.29) is 11.5 Å². The highest BCUT2D eigenvalue weighted by atomic mass is 32.1. The van der Waals surface area contributed by atoms with Crippen LogP contribution in [0.5, 0.6) is 0 Å². The second kappa shape index (κ2) is 4.30. The summed E-state index contributed by atoms with van der Waals surface area (Å²) in [6.07, 6.45) is 5.76. The summed E-state index contributed by atoms with van der Waals surface area (Å²) in [7, 11) is 0. The monoisotopic (exact) mass is 237 g/mol. The van der Waals surface area contributed by atoms with E-state index >= 15 is 0 Å². The Balaban J connectivity index is 2.14. The SMILES string of the molecule is Cc1csc(C2(C(O)/C=C/C(C)C)CC2)n1. The molecule has 1 fully saturated rings. The molecule has 1 aliphatic carbocycles. The summed E-state index contributed by atoms with van der Waals surface area (Å²) in [4.78, 5) is 4.52. The van der Waals surface area contributed by atoms with Crippen molar-refractivity contribution in [1.82, 2.24) is 4.98 Å². The largest absolute Gasteiger partial charge is 0.388 e. The number of allylic oxidation sites excluding steroid dienone is 1. The zero-order valence-corrected chi connectivity index (χ0v) is 10.9. The standard InChI is InChI=1S/C13H19NOS/c1-9(2)4-5-11(15)13(6-7-13)12-14-10(3)8-16-12/h4-5,8-9,11,15H,6-7H2,1-3H3/b5-4+. The number of aryl methyl sites for hydroxylation is 1. The van der Waals surface area contributed by atoms with Crippen molar-refractivity contribution in [2.24, 2.45) is 5.92 Å². The Morgan fingerprint density at radius 3 is 2.56 bits per heavy atom. The van der Waals surface area contributed by atoms with Crippen molar-refractivity contribution in [2.45, 2.75) is 45.1 Å². The van der Waals surface area contributed by atoms with E-state index in [4.69, 9.17) is 0 Å². The molecule has 2 rings (SSSR count). The van der Waals surface area contributed by atoms with Crippen molar-refractivity contribution >= 4 is 11.3 Å². The lowest BCUT2D eigenvalue weighted by atomic mass is 9.98. The normalized spacial score (nSPS) is 20.6. The second-order valence-corrected chi connectivity index (χ2v) is 5.88. The van der Waals surface area contributed by atoms with E-state index in [1.165, 1.54) is 0 Å². The molecule has 0 spiro atoms. The molecule has 0 radical (unpaired) electrons. The molecular formula is C13H19NOS. The lowest BCUT2D eigenvalue weighted by molar-refractivity contribution is 0.178. The van der Waals surface area contributed by atoms with Gasteiger partial charge in [-0.05, 0) is 25.7 Å². The maximum atomic E-state index is 10.2. The molecule has 1 aliphatic rings. The van der Waals surface area contributed by atoms with Crippen molar-refractivity contribution in [1.29, 1.82) is 0 Å². The Morgan fingerprint density at radius 2 is 2.12 bits per heavy atom. The summed E-state index contributed by atoms with van der Waals surface area (Å²) in [6, 6.07) is 0. The second-order valence-electron chi connectivity index (χ2n) is 5.02. The van der Waals surface area contributed by atoms with Crippen LogP contribution in [0.3, 0.4) is 0 Å². The van der Waals surface area contributed by atoms with Gasteiger partial charge in [-0.1, -0.05) is 26.0 Å². The Morgan fingerprint density at radius 1 is 1.44 bits per heavy atom. The third-order valence-corrected chi connectivity index (χ3v) is 4.26. The smallest absolute Gasteiger partial charge is 0.102 e. The van der Waals surface area contributed by atoms with Crippen molar-refractivity contribution in [3.05, 3.63) is 28.2 Å². The summed E-state index contributed by atoms with van der Waals surface area (Å²) in [5, 5.41) is 13.4. The van der Waals surface area contributed by atoms with Crippen LogP contribution in [0.1, 0.15) is 37.4 Å². The zero-order valence-electron chi connectivity index (χ0n) is 10.1. The van der Waals surface area contributed by atoms with E-state index < -0.39 is 0 Å². The van der Waals surface area contributed by atoms with Crippen LogP contribution in [-0.2, 0) is 5.41 Å². The van der Waals surface area contributed by atoms with Gasteiger partial charge < -0.3 is 5.11 Å². The third kappa shape index (κ3) is 2.20. The van der Waals surface area contributed by atoms with Crippen molar-refractivity contribution in [3.8, 4) is 0 Å². The van der Waals surface area contributed by atoms with E-state index in [9.17, 15) is 5.11 Å². The highest BCUT2D eigenvalue weighted by Gasteiger charge is 2.51. The van der Waals surface area contributed by atoms with E-state index in [1.54, 1.807) is 11.3 Å². The van der Waals surface area contributed by atoms with Gasteiger partial charge in [0.2, 0.25) is 0 Å². The van der Waals surface area contributed by atoms with Gasteiger partial charge in [-0.2, -0.15) is 0 Å². The van der Waals surface area contributed by atoms with Gasteiger partial charge in [-0.15, -0.1) is 11.3 Å². The van der Waals surface area contributed by atoms with Gasteiger partial charge in [0.05, 0.1) is 11.5 Å². The van der Waals surface area contributed by atoms with Crippen LogP contribution in [0.15, 0.2) is 17.5 Å². The molecule has 88 valence electrons. The summed E-state index contributed by atoms with van der Waals surface area (Å²) < 4.78 is 0. The first kappa shape index (κ1) is 11.8. The van der Waals surface area contributed by atoms with Crippen molar-refractivity contribution in [2.75, 3.05) is 0 Å². The minimum Gasteiger partial charge on any atom is -0.388 e. The van der Waals surface area contributed by atoms with E-state index in [2.05, 4.69) is 30.3 Å². The van der Waals surface area contributed by atoms with Crippen LogP contribution in [-0.4, -0.2) is 16.2 Å². The molecule has 1 N–H and O–H groups in total. The van der Waals surface area contributed by atoms with E-state index in [1.807, 2.05) is 13.0 Å². The average Bonchev–Trinajstić information content (AvgIpc) is 2.93. The zero-order chi connectivity index (χ0) is 11.8. The summed E-state index contributed by atoms with van der Waals surface area (Å²) in [5.41, 5.74) is 0.996. The minimum atomic E-state index is -0.375. The number of hydrogen-bond acceptors (Lipinski definition) is 3. The van der Waals surface area contributed by atoms with E-state index in [0.717, 1.165) is 23.5 Å². The summed E-state index contributed by atoms with van der Waals surface area (Å²) in [6.45, 7) is 6.25. The number of nitrogens with zero attached hydrogens (tertiary/aromatic N) is 1. The third-order valence-electron chi connectivity index (χ3n) is 3.08. The fourth-order valence-corrected chi connectivity index (χ4v) is 2.96. The van der Waals surface area contributed by atoms with Gasteiger partial charge in [0.15, 0.2) is 0 Å². The average molecular weight is 237 g/mol. The molecule has 1 saturated carbocycles. The van der Waals surface area contributed by atoms with Crippen LogP contribution in [0.2, 0.25) is 0 Å². The lowest BCUT2D eigenvalue weighted by Gasteiger charge is -2.16. The maximum absolute atomic E-state index is 10.2. The molecule has 1 atom stereocenters. The predicted molar refractivity (Wildman–Crippen MR) is 67.7 cm³/mol. The number of aromatic nitrogens is 1. The topological polar surface area (TPSA) is 33.1 Å². The fourth-order valence-electron chi connectivity index (χ4n) is 1.87. The molecule has 1 aromatic rings. The first-order valence-corrected chi connectivity index (χ1v) is 6.71. The molecule has 1 aromatic heterocycles. The molecule has 1 heterocycles. The Kier molecular flexibility index (Phi) is 3.17. The van der Waals surface area contributed by atoms with Crippen molar-refractivity contribution in [3.63, 3.8) is 0 Å². The van der Waals surface area contributed by atoms with E-state index in [0.29, 0.717) is 5.92 Å². The Labute approximate surface area is 101 Å². The minimum absolute atomic E-state index is 0.0652. The molecular weight excluding hydrogens is 218 g/mol. The fraction of sp³-hybridized carbons (Fsp3) is 0.615. The van der Waals surface area contributed by atoms with Gasteiger partial charge >= 0.3 is 0 Å². The molecule has 0 aliphatic heterocycles. The van der Waals surface area contributed by atoms with Crippen LogP contribution in [0, 0.1) is 12.8 Å². The predicted octanol–water partition coefficient (Wildman–Crippen LogP) is 3.06. The Hall–Kier alpha value is -0.670. The Bertz CT molecular complexity index is 390. The number of rotatable bonds is 4. The molecule has 2 nitrogen and oxygen atoms in total. The first-order chi connectivity index (χ1) is 7.54. The number of hydrogen-bond donors (Lipinski definition) is 1.